The molecule has 2 unspecified atom stereocenters. The van der Waals surface area contributed by atoms with Gasteiger partial charge in [-0.25, -0.2) is 4.79 Å². The van der Waals surface area contributed by atoms with Crippen LogP contribution >= 0.6 is 0 Å². The molecule has 0 amide bonds. The first-order valence-corrected chi connectivity index (χ1v) is 5.81. The maximum absolute atomic E-state index is 11.6. The monoisotopic (exact) mass is 266 g/mol. The third-order valence-electron chi connectivity index (χ3n) is 2.38. The Labute approximate surface area is 110 Å². The number of hydrogen-bond acceptors (Lipinski definition) is 6. The first-order chi connectivity index (χ1) is 9.15. The van der Waals surface area contributed by atoms with E-state index in [0.717, 1.165) is 0 Å². The van der Waals surface area contributed by atoms with Gasteiger partial charge in [0, 0.05) is 6.92 Å². The molecule has 6 nitrogen and oxygen atoms in total. The van der Waals surface area contributed by atoms with E-state index in [-0.39, 0.29) is 13.2 Å². The van der Waals surface area contributed by atoms with Crippen LogP contribution in [-0.2, 0) is 23.7 Å². The molecule has 1 fully saturated rings. The zero-order valence-electron chi connectivity index (χ0n) is 10.4. The molecule has 102 valence electrons. The van der Waals surface area contributed by atoms with E-state index >= 15 is 0 Å². The summed E-state index contributed by atoms with van der Waals surface area (Å²) < 4.78 is 20.2. The summed E-state index contributed by atoms with van der Waals surface area (Å²) in [6.07, 6.45) is -1.45. The molecular weight excluding hydrogens is 252 g/mol. The molecule has 0 radical (unpaired) electrons. The molecule has 1 aromatic carbocycles. The number of ether oxygens (including phenoxy) is 4. The lowest BCUT2D eigenvalue weighted by Gasteiger charge is -2.11. The van der Waals surface area contributed by atoms with Crippen molar-refractivity contribution in [2.75, 3.05) is 13.2 Å². The molecule has 6 heteroatoms. The van der Waals surface area contributed by atoms with Crippen LogP contribution in [0.4, 0.5) is 0 Å². The van der Waals surface area contributed by atoms with E-state index in [2.05, 4.69) is 0 Å². The number of benzene rings is 1. The lowest BCUT2D eigenvalue weighted by Crippen LogP contribution is -2.22. The second-order valence-corrected chi connectivity index (χ2v) is 3.90. The van der Waals surface area contributed by atoms with E-state index in [1.807, 2.05) is 6.07 Å². The van der Waals surface area contributed by atoms with Gasteiger partial charge in [-0.2, -0.15) is 0 Å². The molecule has 2 rings (SSSR count). The van der Waals surface area contributed by atoms with E-state index in [1.165, 1.54) is 6.92 Å². The van der Waals surface area contributed by atoms with Gasteiger partial charge >= 0.3 is 11.9 Å². The van der Waals surface area contributed by atoms with Crippen molar-refractivity contribution >= 4 is 11.9 Å². The molecule has 2 atom stereocenters. The van der Waals surface area contributed by atoms with Crippen molar-refractivity contribution in [1.82, 2.24) is 0 Å². The third kappa shape index (κ3) is 4.04. The van der Waals surface area contributed by atoms with Crippen molar-refractivity contribution in [1.29, 1.82) is 0 Å². The Kier molecular flexibility index (Phi) is 4.48. The lowest BCUT2D eigenvalue weighted by molar-refractivity contribution is -0.177. The van der Waals surface area contributed by atoms with E-state index < -0.39 is 24.5 Å². The Balaban J connectivity index is 1.75. The van der Waals surface area contributed by atoms with Gasteiger partial charge in [-0.15, -0.1) is 0 Å². The van der Waals surface area contributed by atoms with E-state index in [4.69, 9.17) is 18.9 Å². The fraction of sp³-hybridized carbons (Fsp3) is 0.385. The molecular formula is C13H14O6. The quantitative estimate of drug-likeness (QED) is 0.760. The number of esters is 2. The SMILES string of the molecule is CC(=O)OC1COC(COC(=O)c2ccccc2)O1. The van der Waals surface area contributed by atoms with Gasteiger partial charge in [-0.1, -0.05) is 18.2 Å². The fourth-order valence-corrected chi connectivity index (χ4v) is 1.57. The summed E-state index contributed by atoms with van der Waals surface area (Å²) >= 11 is 0. The number of hydrogen-bond donors (Lipinski definition) is 0. The summed E-state index contributed by atoms with van der Waals surface area (Å²) in [5.41, 5.74) is 0.456. The largest absolute Gasteiger partial charge is 0.457 e. The van der Waals surface area contributed by atoms with Crippen LogP contribution in [0.25, 0.3) is 0 Å². The zero-order valence-corrected chi connectivity index (χ0v) is 10.4. The average molecular weight is 266 g/mol. The molecule has 1 aromatic rings. The van der Waals surface area contributed by atoms with Gasteiger partial charge in [0.15, 0.2) is 6.29 Å². The van der Waals surface area contributed by atoms with Gasteiger partial charge in [-0.3, -0.25) is 4.79 Å². The van der Waals surface area contributed by atoms with Crippen molar-refractivity contribution in [3.05, 3.63) is 35.9 Å². The van der Waals surface area contributed by atoms with Gasteiger partial charge in [0.05, 0.1) is 5.56 Å². The Morgan fingerprint density at radius 3 is 2.74 bits per heavy atom. The molecule has 1 heterocycles. The molecule has 1 aliphatic rings. The van der Waals surface area contributed by atoms with Crippen LogP contribution in [0.15, 0.2) is 30.3 Å². The van der Waals surface area contributed by atoms with E-state index in [0.29, 0.717) is 5.56 Å². The minimum atomic E-state index is -0.738. The van der Waals surface area contributed by atoms with Crippen molar-refractivity contribution < 1.29 is 28.5 Å². The van der Waals surface area contributed by atoms with Crippen LogP contribution in [-0.4, -0.2) is 37.7 Å². The van der Waals surface area contributed by atoms with Gasteiger partial charge < -0.3 is 18.9 Å². The topological polar surface area (TPSA) is 71.1 Å². The molecule has 1 aliphatic heterocycles. The molecule has 0 aromatic heterocycles. The molecule has 19 heavy (non-hydrogen) atoms. The Morgan fingerprint density at radius 2 is 2.05 bits per heavy atom. The van der Waals surface area contributed by atoms with Crippen LogP contribution in [0.1, 0.15) is 17.3 Å². The molecule has 0 bridgehead atoms. The minimum absolute atomic E-state index is 0.0501. The van der Waals surface area contributed by atoms with Crippen LogP contribution < -0.4 is 0 Å². The highest BCUT2D eigenvalue weighted by Gasteiger charge is 2.29. The van der Waals surface area contributed by atoms with Gasteiger partial charge in [0.2, 0.25) is 6.29 Å². The maximum Gasteiger partial charge on any atom is 0.338 e. The van der Waals surface area contributed by atoms with Crippen molar-refractivity contribution in [3.63, 3.8) is 0 Å². The minimum Gasteiger partial charge on any atom is -0.457 e. The number of rotatable bonds is 4. The highest BCUT2D eigenvalue weighted by molar-refractivity contribution is 5.89. The summed E-state index contributed by atoms with van der Waals surface area (Å²) in [5.74, 6) is -0.903. The van der Waals surface area contributed by atoms with Crippen LogP contribution in [0, 0.1) is 0 Å². The summed E-state index contributed by atoms with van der Waals surface area (Å²) in [4.78, 5) is 22.4. The van der Waals surface area contributed by atoms with Crippen LogP contribution in [0.3, 0.4) is 0 Å². The van der Waals surface area contributed by atoms with Gasteiger partial charge in [0.1, 0.15) is 13.2 Å². The molecule has 0 aliphatic carbocycles. The maximum atomic E-state index is 11.6. The fourth-order valence-electron chi connectivity index (χ4n) is 1.57. The van der Waals surface area contributed by atoms with Crippen molar-refractivity contribution in [2.45, 2.75) is 19.5 Å². The molecule has 0 saturated carbocycles. The van der Waals surface area contributed by atoms with Crippen molar-refractivity contribution in [3.8, 4) is 0 Å². The highest BCUT2D eigenvalue weighted by Crippen LogP contribution is 2.14. The summed E-state index contributed by atoms with van der Waals surface area (Å²) in [5, 5.41) is 0. The molecule has 0 spiro atoms. The Bertz CT molecular complexity index is 444. The Hall–Kier alpha value is -1.92. The summed E-state index contributed by atoms with van der Waals surface area (Å²) in [6, 6.07) is 8.61. The standard InChI is InChI=1S/C13H14O6/c1-9(14)18-12-8-16-11(19-12)7-17-13(15)10-5-3-2-4-6-10/h2-6,11-12H,7-8H2,1H3. The number of carbonyl (C=O) groups is 2. The van der Waals surface area contributed by atoms with Gasteiger partial charge in [-0.05, 0) is 12.1 Å². The number of carbonyl (C=O) groups excluding carboxylic acids is 2. The molecule has 0 N–H and O–H groups in total. The second-order valence-electron chi connectivity index (χ2n) is 3.90. The summed E-state index contributed by atoms with van der Waals surface area (Å²) in [7, 11) is 0. The molecule has 1 saturated heterocycles. The van der Waals surface area contributed by atoms with Gasteiger partial charge in [0.25, 0.3) is 0 Å². The van der Waals surface area contributed by atoms with Crippen LogP contribution in [0.2, 0.25) is 0 Å². The van der Waals surface area contributed by atoms with Crippen molar-refractivity contribution in [2.24, 2.45) is 0 Å². The summed E-state index contributed by atoms with van der Waals surface area (Å²) in [6.45, 7) is 1.37. The lowest BCUT2D eigenvalue weighted by atomic mass is 10.2. The van der Waals surface area contributed by atoms with Crippen LogP contribution in [0.5, 0.6) is 0 Å². The first kappa shape index (κ1) is 13.5. The Morgan fingerprint density at radius 1 is 1.32 bits per heavy atom. The average Bonchev–Trinajstić information content (AvgIpc) is 2.84. The normalized spacial score (nSPS) is 21.9. The second kappa shape index (κ2) is 6.31. The van der Waals surface area contributed by atoms with E-state index in [1.54, 1.807) is 24.3 Å². The highest BCUT2D eigenvalue weighted by atomic mass is 16.8. The predicted octanol–water partition coefficient (Wildman–Crippen LogP) is 1.11. The predicted molar refractivity (Wildman–Crippen MR) is 63.1 cm³/mol. The first-order valence-electron chi connectivity index (χ1n) is 5.81. The van der Waals surface area contributed by atoms with E-state index in [9.17, 15) is 9.59 Å². The zero-order chi connectivity index (χ0) is 13.7. The smallest absolute Gasteiger partial charge is 0.338 e. The third-order valence-corrected chi connectivity index (χ3v) is 2.38.